The molecule has 144 valence electrons. The van der Waals surface area contributed by atoms with E-state index in [0.29, 0.717) is 5.70 Å². The molecule has 2 aromatic carbocycles. The zero-order valence-corrected chi connectivity index (χ0v) is 16.1. The Morgan fingerprint density at radius 3 is 2.57 bits per heavy atom. The number of nitrogens with one attached hydrogen (secondary N) is 1. The Morgan fingerprint density at radius 1 is 1.11 bits per heavy atom. The molecule has 5 nitrogen and oxygen atoms in total. The molecule has 3 rings (SSSR count). The van der Waals surface area contributed by atoms with Gasteiger partial charge in [0.2, 0.25) is 0 Å². The largest absolute Gasteiger partial charge is 0.493 e. The van der Waals surface area contributed by atoms with Crippen molar-refractivity contribution in [3.05, 3.63) is 75.7 Å². The second kappa shape index (κ2) is 8.46. The second-order valence-corrected chi connectivity index (χ2v) is 6.60. The minimum Gasteiger partial charge on any atom is -0.493 e. The molecule has 28 heavy (non-hydrogen) atoms. The van der Waals surface area contributed by atoms with Gasteiger partial charge in [-0.05, 0) is 24.3 Å². The van der Waals surface area contributed by atoms with E-state index >= 15 is 0 Å². The van der Waals surface area contributed by atoms with Gasteiger partial charge >= 0.3 is 0 Å². The second-order valence-electron chi connectivity index (χ2n) is 5.79. The van der Waals surface area contributed by atoms with E-state index in [1.54, 1.807) is 12.2 Å². The van der Waals surface area contributed by atoms with Crippen molar-refractivity contribution in [2.45, 2.75) is 6.42 Å². The third kappa shape index (κ3) is 4.52. The summed E-state index contributed by atoms with van der Waals surface area (Å²) in [5.74, 6) is -0.774. The molecule has 0 heterocycles. The summed E-state index contributed by atoms with van der Waals surface area (Å²) < 4.78 is 24.3. The molecule has 0 radical (unpaired) electrons. The van der Waals surface area contributed by atoms with Crippen LogP contribution in [-0.4, -0.2) is 18.8 Å². The van der Waals surface area contributed by atoms with Crippen molar-refractivity contribution < 1.29 is 23.5 Å². The van der Waals surface area contributed by atoms with Gasteiger partial charge in [-0.1, -0.05) is 29.3 Å². The maximum absolute atomic E-state index is 13.4. The van der Waals surface area contributed by atoms with Crippen LogP contribution < -0.4 is 14.8 Å². The molecule has 0 saturated carbocycles. The monoisotopic (exact) mass is 421 g/mol. The average molecular weight is 422 g/mol. The van der Waals surface area contributed by atoms with Crippen LogP contribution in [0.4, 0.5) is 4.39 Å². The van der Waals surface area contributed by atoms with Crippen LogP contribution in [-0.2, 0) is 4.79 Å². The molecule has 0 fully saturated rings. The van der Waals surface area contributed by atoms with Gasteiger partial charge in [-0.25, -0.2) is 4.39 Å². The number of hydrogen-bond acceptors (Lipinski definition) is 4. The van der Waals surface area contributed by atoms with Gasteiger partial charge in [0.1, 0.15) is 11.6 Å². The molecule has 2 aromatic rings. The summed E-state index contributed by atoms with van der Waals surface area (Å²) in [5, 5.41) is 2.93. The summed E-state index contributed by atoms with van der Waals surface area (Å²) in [6.45, 7) is 0. The first-order valence-electron chi connectivity index (χ1n) is 8.10. The lowest BCUT2D eigenvalue weighted by Gasteiger charge is -2.15. The highest BCUT2D eigenvalue weighted by Crippen LogP contribution is 2.37. The highest BCUT2D eigenvalue weighted by molar-refractivity contribution is 6.42. The van der Waals surface area contributed by atoms with Gasteiger partial charge in [0.15, 0.2) is 17.3 Å². The molecule has 0 bridgehead atoms. The van der Waals surface area contributed by atoms with E-state index in [-0.39, 0.29) is 45.1 Å². The highest BCUT2D eigenvalue weighted by Gasteiger charge is 2.19. The zero-order valence-electron chi connectivity index (χ0n) is 14.6. The van der Waals surface area contributed by atoms with Crippen LogP contribution in [0.5, 0.6) is 17.2 Å². The predicted molar refractivity (Wildman–Crippen MR) is 104 cm³/mol. The fraction of sp³-hybridized carbons (Fsp3) is 0.100. The number of halogens is 3. The van der Waals surface area contributed by atoms with Crippen molar-refractivity contribution in [3.8, 4) is 17.2 Å². The van der Waals surface area contributed by atoms with Gasteiger partial charge in [0.05, 0.1) is 22.7 Å². The fourth-order valence-electron chi connectivity index (χ4n) is 2.49. The summed E-state index contributed by atoms with van der Waals surface area (Å²) in [5.41, 5.74) is 0.422. The smallest absolute Gasteiger partial charge is 0.259 e. The number of carbonyl (C=O) groups excluding carboxylic acids is 2. The van der Waals surface area contributed by atoms with Crippen LogP contribution in [0.15, 0.2) is 54.3 Å². The number of allylic oxidation sites excluding steroid dienone is 3. The SMILES string of the molecule is COc1cc(F)ccc1Oc1cc(Cl)c(Cl)cc1C(=O)NC1=CC(=O)CC=C1. The van der Waals surface area contributed by atoms with E-state index in [1.165, 1.54) is 37.5 Å². The van der Waals surface area contributed by atoms with E-state index in [9.17, 15) is 14.0 Å². The lowest BCUT2D eigenvalue weighted by Crippen LogP contribution is -2.24. The van der Waals surface area contributed by atoms with E-state index in [0.717, 1.165) is 6.07 Å². The normalized spacial score (nSPS) is 13.1. The standard InChI is InChI=1S/C20H14Cl2FNO4/c1-27-19-7-11(23)5-6-17(19)28-18-10-16(22)15(21)9-14(18)20(26)24-12-3-2-4-13(25)8-12/h2-3,5-10H,4H2,1H3,(H,24,26). The molecule has 0 atom stereocenters. The van der Waals surface area contributed by atoms with Crippen LogP contribution in [0.2, 0.25) is 10.0 Å². The summed E-state index contributed by atoms with van der Waals surface area (Å²) in [7, 11) is 1.36. The number of methoxy groups -OCH3 is 1. The number of amides is 1. The van der Waals surface area contributed by atoms with Crippen molar-refractivity contribution in [3.63, 3.8) is 0 Å². The molecule has 0 aromatic heterocycles. The van der Waals surface area contributed by atoms with Gasteiger partial charge in [0, 0.05) is 30.3 Å². The number of benzene rings is 2. The van der Waals surface area contributed by atoms with Crippen molar-refractivity contribution in [2.24, 2.45) is 0 Å². The Kier molecular flexibility index (Phi) is 6.02. The minimum absolute atomic E-state index is 0.0769. The van der Waals surface area contributed by atoms with Crippen LogP contribution in [0, 0.1) is 5.82 Å². The van der Waals surface area contributed by atoms with Crippen LogP contribution in [0.25, 0.3) is 0 Å². The lowest BCUT2D eigenvalue weighted by molar-refractivity contribution is -0.113. The Bertz CT molecular complexity index is 1020. The van der Waals surface area contributed by atoms with E-state index < -0.39 is 11.7 Å². The molecule has 1 aliphatic rings. The number of ketones is 1. The van der Waals surface area contributed by atoms with Crippen molar-refractivity contribution >= 4 is 34.9 Å². The van der Waals surface area contributed by atoms with Crippen LogP contribution in [0.1, 0.15) is 16.8 Å². The third-order valence-electron chi connectivity index (χ3n) is 3.80. The number of ether oxygens (including phenoxy) is 2. The Labute approximate surface area is 170 Å². The number of carbonyl (C=O) groups is 2. The maximum atomic E-state index is 13.4. The molecule has 0 aliphatic heterocycles. The van der Waals surface area contributed by atoms with Gasteiger partial charge in [-0.3, -0.25) is 9.59 Å². The summed E-state index contributed by atoms with van der Waals surface area (Å²) >= 11 is 12.1. The zero-order chi connectivity index (χ0) is 20.3. The first kappa shape index (κ1) is 19.9. The Hall–Kier alpha value is -2.83. The summed E-state index contributed by atoms with van der Waals surface area (Å²) in [6.07, 6.45) is 4.89. The van der Waals surface area contributed by atoms with Crippen molar-refractivity contribution in [1.82, 2.24) is 5.32 Å². The van der Waals surface area contributed by atoms with Crippen molar-refractivity contribution in [2.75, 3.05) is 7.11 Å². The Balaban J connectivity index is 1.96. The van der Waals surface area contributed by atoms with Gasteiger partial charge < -0.3 is 14.8 Å². The average Bonchev–Trinajstić information content (AvgIpc) is 2.65. The molecule has 1 aliphatic carbocycles. The molecule has 0 saturated heterocycles. The highest BCUT2D eigenvalue weighted by atomic mass is 35.5. The molecular formula is C20H14Cl2FNO4. The molecule has 8 heteroatoms. The minimum atomic E-state index is -0.555. The van der Waals surface area contributed by atoms with Gasteiger partial charge in [0.25, 0.3) is 5.91 Å². The van der Waals surface area contributed by atoms with Gasteiger partial charge in [-0.15, -0.1) is 0 Å². The van der Waals surface area contributed by atoms with Gasteiger partial charge in [-0.2, -0.15) is 0 Å². The maximum Gasteiger partial charge on any atom is 0.259 e. The first-order valence-corrected chi connectivity index (χ1v) is 8.86. The van der Waals surface area contributed by atoms with Crippen LogP contribution in [0.3, 0.4) is 0 Å². The summed E-state index contributed by atoms with van der Waals surface area (Å²) in [4.78, 5) is 24.2. The van der Waals surface area contributed by atoms with E-state index in [4.69, 9.17) is 32.7 Å². The quantitative estimate of drug-likeness (QED) is 0.731. The van der Waals surface area contributed by atoms with E-state index in [2.05, 4.69) is 5.32 Å². The summed E-state index contributed by atoms with van der Waals surface area (Å²) in [6, 6.07) is 6.43. The fourth-order valence-corrected chi connectivity index (χ4v) is 2.81. The topological polar surface area (TPSA) is 64.6 Å². The van der Waals surface area contributed by atoms with Crippen molar-refractivity contribution in [1.29, 1.82) is 0 Å². The van der Waals surface area contributed by atoms with E-state index in [1.807, 2.05) is 0 Å². The predicted octanol–water partition coefficient (Wildman–Crippen LogP) is 5.08. The number of rotatable bonds is 5. The number of hydrogen-bond donors (Lipinski definition) is 1. The van der Waals surface area contributed by atoms with Crippen LogP contribution >= 0.6 is 23.2 Å². The first-order chi connectivity index (χ1) is 13.4. The Morgan fingerprint density at radius 2 is 1.86 bits per heavy atom. The molecule has 1 amide bonds. The molecule has 1 N–H and O–H groups in total. The third-order valence-corrected chi connectivity index (χ3v) is 4.53. The lowest BCUT2D eigenvalue weighted by atomic mass is 10.1. The molecule has 0 spiro atoms. The molecule has 0 unspecified atom stereocenters. The molecular weight excluding hydrogens is 408 g/mol.